The highest BCUT2D eigenvalue weighted by molar-refractivity contribution is 5.83. The second kappa shape index (κ2) is 4.30. The van der Waals surface area contributed by atoms with E-state index < -0.39 is 0 Å². The predicted octanol–water partition coefficient (Wildman–Crippen LogP) is 0.143. The number of benzene rings is 1. The van der Waals surface area contributed by atoms with E-state index in [-0.39, 0.29) is 5.75 Å². The lowest BCUT2D eigenvalue weighted by atomic mass is 10.2. The fraction of sp³-hybridized carbons (Fsp3) is 0. The first-order valence-corrected chi connectivity index (χ1v) is 4.49. The molecule has 1 aromatic heterocycles. The van der Waals surface area contributed by atoms with Gasteiger partial charge in [0.2, 0.25) is 0 Å². The molecule has 0 saturated carbocycles. The van der Waals surface area contributed by atoms with Crippen LogP contribution in [0.15, 0.2) is 35.7 Å². The molecule has 16 heavy (non-hydrogen) atoms. The molecular weight excluding hydrogens is 208 g/mol. The van der Waals surface area contributed by atoms with Crippen molar-refractivity contribution in [1.82, 2.24) is 14.9 Å². The number of nitrogen functional groups attached to an aromatic ring is 1. The molecule has 0 fully saturated rings. The molecule has 1 aromatic carbocycles. The SMILES string of the molecule is Nn1cnnc1N/N=C/c1ccccc1O. The van der Waals surface area contributed by atoms with Gasteiger partial charge in [0.1, 0.15) is 12.1 Å². The van der Waals surface area contributed by atoms with Crippen molar-refractivity contribution in [2.45, 2.75) is 0 Å². The monoisotopic (exact) mass is 218 g/mol. The number of nitrogens with one attached hydrogen (secondary N) is 1. The molecule has 0 aliphatic heterocycles. The fourth-order valence-corrected chi connectivity index (χ4v) is 1.08. The molecule has 0 amide bonds. The summed E-state index contributed by atoms with van der Waals surface area (Å²) in [4.78, 5) is 0. The van der Waals surface area contributed by atoms with E-state index in [1.54, 1.807) is 24.3 Å². The Balaban J connectivity index is 2.06. The number of phenols is 1. The molecule has 0 atom stereocenters. The van der Waals surface area contributed by atoms with Crippen molar-refractivity contribution in [3.63, 3.8) is 0 Å². The van der Waals surface area contributed by atoms with Crippen LogP contribution in [-0.4, -0.2) is 26.2 Å². The third-order valence-corrected chi connectivity index (χ3v) is 1.88. The molecule has 82 valence electrons. The van der Waals surface area contributed by atoms with E-state index in [0.717, 1.165) is 0 Å². The molecule has 1 heterocycles. The van der Waals surface area contributed by atoms with Gasteiger partial charge in [-0.2, -0.15) is 5.10 Å². The van der Waals surface area contributed by atoms with Crippen LogP contribution in [0.3, 0.4) is 0 Å². The maximum Gasteiger partial charge on any atom is 0.263 e. The van der Waals surface area contributed by atoms with Crippen molar-refractivity contribution in [1.29, 1.82) is 0 Å². The first-order chi connectivity index (χ1) is 7.77. The summed E-state index contributed by atoms with van der Waals surface area (Å²) in [6.07, 6.45) is 2.81. The molecule has 0 bridgehead atoms. The van der Waals surface area contributed by atoms with E-state index in [2.05, 4.69) is 20.7 Å². The normalized spacial score (nSPS) is 10.8. The summed E-state index contributed by atoms with van der Waals surface area (Å²) in [5, 5.41) is 20.5. The van der Waals surface area contributed by atoms with Gasteiger partial charge in [0.05, 0.1) is 6.21 Å². The summed E-state index contributed by atoms with van der Waals surface area (Å²) in [5.74, 6) is 5.92. The van der Waals surface area contributed by atoms with Crippen molar-refractivity contribution in [3.8, 4) is 5.75 Å². The molecule has 0 aliphatic carbocycles. The molecule has 0 unspecified atom stereocenters. The Labute approximate surface area is 91.2 Å². The standard InChI is InChI=1S/C9H10N6O/c10-15-6-12-14-9(15)13-11-5-7-3-1-2-4-8(7)16/h1-6,16H,10H2,(H,13,14)/b11-5+. The Hall–Kier alpha value is -2.57. The molecule has 7 nitrogen and oxygen atoms in total. The van der Waals surface area contributed by atoms with Gasteiger partial charge in [-0.25, -0.2) is 10.1 Å². The van der Waals surface area contributed by atoms with Crippen LogP contribution in [0.5, 0.6) is 5.75 Å². The van der Waals surface area contributed by atoms with E-state index in [1.165, 1.54) is 17.2 Å². The number of nitrogens with two attached hydrogens (primary N) is 1. The van der Waals surface area contributed by atoms with Gasteiger partial charge < -0.3 is 10.9 Å². The Bertz CT molecular complexity index is 506. The van der Waals surface area contributed by atoms with E-state index in [4.69, 9.17) is 5.84 Å². The van der Waals surface area contributed by atoms with Crippen LogP contribution in [-0.2, 0) is 0 Å². The maximum absolute atomic E-state index is 9.45. The van der Waals surface area contributed by atoms with Crippen LogP contribution in [0.4, 0.5) is 5.95 Å². The van der Waals surface area contributed by atoms with Crippen molar-refractivity contribution >= 4 is 12.2 Å². The number of hydrazone groups is 1. The molecule has 7 heteroatoms. The lowest BCUT2D eigenvalue weighted by Gasteiger charge is -1.98. The quantitative estimate of drug-likeness (QED) is 0.386. The van der Waals surface area contributed by atoms with Crippen LogP contribution in [0, 0.1) is 0 Å². The second-order valence-electron chi connectivity index (χ2n) is 2.99. The zero-order chi connectivity index (χ0) is 11.4. The van der Waals surface area contributed by atoms with Crippen molar-refractivity contribution in [2.75, 3.05) is 11.3 Å². The molecule has 2 rings (SSSR count). The maximum atomic E-state index is 9.45. The lowest BCUT2D eigenvalue weighted by Crippen LogP contribution is -2.10. The van der Waals surface area contributed by atoms with Gasteiger partial charge in [0, 0.05) is 5.56 Å². The van der Waals surface area contributed by atoms with Crippen LogP contribution < -0.4 is 11.3 Å². The number of aromatic hydroxyl groups is 1. The summed E-state index contributed by atoms with van der Waals surface area (Å²) < 4.78 is 1.20. The van der Waals surface area contributed by atoms with Gasteiger partial charge in [0.15, 0.2) is 0 Å². The Kier molecular flexibility index (Phi) is 2.68. The molecule has 0 spiro atoms. The minimum absolute atomic E-state index is 0.155. The van der Waals surface area contributed by atoms with Crippen LogP contribution in [0.1, 0.15) is 5.56 Å². The van der Waals surface area contributed by atoms with Crippen LogP contribution in [0.25, 0.3) is 0 Å². The average molecular weight is 218 g/mol. The highest BCUT2D eigenvalue weighted by atomic mass is 16.3. The van der Waals surface area contributed by atoms with Gasteiger partial charge in [-0.15, -0.1) is 10.2 Å². The minimum Gasteiger partial charge on any atom is -0.507 e. The molecule has 2 aromatic rings. The third-order valence-electron chi connectivity index (χ3n) is 1.88. The Morgan fingerprint density at radius 1 is 1.44 bits per heavy atom. The minimum atomic E-state index is 0.155. The number of nitrogens with zero attached hydrogens (tertiary/aromatic N) is 4. The number of para-hydroxylation sites is 1. The average Bonchev–Trinajstić information content (AvgIpc) is 2.67. The smallest absolute Gasteiger partial charge is 0.263 e. The number of phenolic OH excluding ortho intramolecular Hbond substituents is 1. The third kappa shape index (κ3) is 2.08. The van der Waals surface area contributed by atoms with Gasteiger partial charge in [-0.1, -0.05) is 12.1 Å². The molecule has 0 radical (unpaired) electrons. The van der Waals surface area contributed by atoms with Crippen molar-refractivity contribution < 1.29 is 5.11 Å². The first-order valence-electron chi connectivity index (χ1n) is 4.49. The summed E-state index contributed by atoms with van der Waals surface area (Å²) in [7, 11) is 0. The molecule has 0 aliphatic rings. The van der Waals surface area contributed by atoms with Crippen LogP contribution >= 0.6 is 0 Å². The van der Waals surface area contributed by atoms with Gasteiger partial charge in [-0.3, -0.25) is 0 Å². The summed E-state index contributed by atoms with van der Waals surface area (Å²) in [5.41, 5.74) is 3.19. The van der Waals surface area contributed by atoms with Crippen molar-refractivity contribution in [3.05, 3.63) is 36.2 Å². The van der Waals surface area contributed by atoms with Crippen molar-refractivity contribution in [2.24, 2.45) is 5.10 Å². The topological polar surface area (TPSA) is 101 Å². The Morgan fingerprint density at radius 3 is 2.94 bits per heavy atom. The number of rotatable bonds is 3. The number of aromatic nitrogens is 3. The van der Waals surface area contributed by atoms with E-state index in [1.807, 2.05) is 0 Å². The lowest BCUT2D eigenvalue weighted by molar-refractivity contribution is 0.474. The first kappa shape index (κ1) is 9.97. The number of hydrogen-bond donors (Lipinski definition) is 3. The summed E-state index contributed by atoms with van der Waals surface area (Å²) in [6, 6.07) is 6.84. The van der Waals surface area contributed by atoms with E-state index in [9.17, 15) is 5.11 Å². The van der Waals surface area contributed by atoms with Crippen LogP contribution in [0.2, 0.25) is 0 Å². The molecular formula is C9H10N6O. The fourth-order valence-electron chi connectivity index (χ4n) is 1.08. The van der Waals surface area contributed by atoms with Gasteiger partial charge in [-0.05, 0) is 12.1 Å². The zero-order valence-corrected chi connectivity index (χ0v) is 8.28. The van der Waals surface area contributed by atoms with E-state index >= 15 is 0 Å². The highest BCUT2D eigenvalue weighted by Crippen LogP contribution is 2.12. The summed E-state index contributed by atoms with van der Waals surface area (Å²) >= 11 is 0. The molecule has 4 N–H and O–H groups in total. The predicted molar refractivity (Wildman–Crippen MR) is 59.5 cm³/mol. The number of hydrogen-bond acceptors (Lipinski definition) is 6. The second-order valence-corrected chi connectivity index (χ2v) is 2.99. The highest BCUT2D eigenvalue weighted by Gasteiger charge is 1.98. The van der Waals surface area contributed by atoms with E-state index in [0.29, 0.717) is 11.5 Å². The van der Waals surface area contributed by atoms with Gasteiger partial charge >= 0.3 is 0 Å². The molecule has 0 saturated heterocycles. The van der Waals surface area contributed by atoms with Gasteiger partial charge in [0.25, 0.3) is 5.95 Å². The number of anilines is 1. The summed E-state index contributed by atoms with van der Waals surface area (Å²) in [6.45, 7) is 0. The zero-order valence-electron chi connectivity index (χ0n) is 8.28. The Morgan fingerprint density at radius 2 is 2.25 bits per heavy atom. The largest absolute Gasteiger partial charge is 0.507 e.